The summed E-state index contributed by atoms with van der Waals surface area (Å²) >= 11 is 1.74. The fourth-order valence-corrected chi connectivity index (χ4v) is 4.27. The number of aromatic nitrogens is 1. The zero-order valence-electron chi connectivity index (χ0n) is 10.2. The summed E-state index contributed by atoms with van der Waals surface area (Å²) in [5, 5.41) is 6.01. The maximum atomic E-state index is 4.50. The third kappa shape index (κ3) is 2.15. The molecule has 92 valence electrons. The Morgan fingerprint density at radius 2 is 2.18 bits per heavy atom. The molecule has 2 atom stereocenters. The normalized spacial score (nSPS) is 39.3. The van der Waals surface area contributed by atoms with Crippen LogP contribution in [0.4, 0.5) is 0 Å². The van der Waals surface area contributed by atoms with Gasteiger partial charge in [-0.3, -0.25) is 0 Å². The van der Waals surface area contributed by atoms with Gasteiger partial charge in [0.15, 0.2) is 0 Å². The lowest BCUT2D eigenvalue weighted by Crippen LogP contribution is -2.36. The molecular weight excluding hydrogens is 228 g/mol. The Labute approximate surface area is 107 Å². The lowest BCUT2D eigenvalue weighted by Gasteiger charge is -2.31. The van der Waals surface area contributed by atoms with Gasteiger partial charge < -0.3 is 5.32 Å². The summed E-state index contributed by atoms with van der Waals surface area (Å²) < 4.78 is 0. The molecule has 0 aliphatic heterocycles. The van der Waals surface area contributed by atoms with Crippen molar-refractivity contribution in [3.05, 3.63) is 16.6 Å². The molecule has 0 spiro atoms. The number of rotatable bonds is 5. The van der Waals surface area contributed by atoms with Gasteiger partial charge in [-0.15, -0.1) is 11.3 Å². The Balaban J connectivity index is 1.46. The lowest BCUT2D eigenvalue weighted by molar-refractivity contribution is 0.245. The predicted octanol–water partition coefficient (Wildman–Crippen LogP) is 2.85. The minimum absolute atomic E-state index is 0.546. The largest absolute Gasteiger partial charge is 0.313 e. The van der Waals surface area contributed by atoms with E-state index in [1.54, 1.807) is 11.3 Å². The van der Waals surface area contributed by atoms with Crippen LogP contribution in [0.1, 0.15) is 37.8 Å². The summed E-state index contributed by atoms with van der Waals surface area (Å²) in [6.45, 7) is 1.24. The van der Waals surface area contributed by atoms with E-state index >= 15 is 0 Å². The third-order valence-electron chi connectivity index (χ3n) is 4.84. The van der Waals surface area contributed by atoms with E-state index in [2.05, 4.69) is 15.7 Å². The van der Waals surface area contributed by atoms with Gasteiger partial charge in [0.2, 0.25) is 0 Å². The van der Waals surface area contributed by atoms with Crippen LogP contribution in [0.25, 0.3) is 0 Å². The first-order chi connectivity index (χ1) is 8.33. The van der Waals surface area contributed by atoms with Crippen molar-refractivity contribution in [1.29, 1.82) is 0 Å². The molecule has 0 aromatic carbocycles. The fourth-order valence-electron chi connectivity index (χ4n) is 3.71. The molecule has 1 aromatic rings. The van der Waals surface area contributed by atoms with Gasteiger partial charge in [0.25, 0.3) is 0 Å². The quantitative estimate of drug-likeness (QED) is 0.866. The molecule has 2 unspecified atom stereocenters. The predicted molar refractivity (Wildman–Crippen MR) is 70.1 cm³/mol. The van der Waals surface area contributed by atoms with Crippen molar-refractivity contribution in [2.24, 2.45) is 17.3 Å². The zero-order chi connectivity index (χ0) is 11.3. The third-order valence-corrected chi connectivity index (χ3v) is 5.48. The molecule has 0 saturated heterocycles. The van der Waals surface area contributed by atoms with Crippen molar-refractivity contribution < 1.29 is 0 Å². The highest BCUT2D eigenvalue weighted by Gasteiger charge is 2.53. The number of hydrogen-bond donors (Lipinski definition) is 1. The molecule has 3 fully saturated rings. The summed E-state index contributed by atoms with van der Waals surface area (Å²) in [5.41, 5.74) is 3.85. The molecule has 3 saturated carbocycles. The second-order valence-corrected chi connectivity index (χ2v) is 7.19. The Kier molecular flexibility index (Phi) is 2.34. The van der Waals surface area contributed by atoms with Crippen LogP contribution < -0.4 is 5.32 Å². The minimum atomic E-state index is 0.546. The fraction of sp³-hybridized carbons (Fsp3) is 0.786. The van der Waals surface area contributed by atoms with Gasteiger partial charge in [0, 0.05) is 18.0 Å². The van der Waals surface area contributed by atoms with E-state index < -0.39 is 0 Å². The average molecular weight is 248 g/mol. The summed E-state index contributed by atoms with van der Waals surface area (Å²) in [6, 6.07) is 0.847. The molecule has 1 N–H and O–H groups in total. The Morgan fingerprint density at radius 1 is 1.35 bits per heavy atom. The van der Waals surface area contributed by atoms with Gasteiger partial charge in [-0.05, 0) is 55.8 Å². The molecule has 3 aliphatic rings. The van der Waals surface area contributed by atoms with E-state index in [0.29, 0.717) is 5.41 Å². The number of hydrogen-bond acceptors (Lipinski definition) is 3. The Hall–Kier alpha value is -0.410. The topological polar surface area (TPSA) is 24.9 Å². The second-order valence-electron chi connectivity index (χ2n) is 6.48. The van der Waals surface area contributed by atoms with E-state index in [9.17, 15) is 0 Å². The van der Waals surface area contributed by atoms with Crippen molar-refractivity contribution in [2.45, 2.75) is 44.6 Å². The molecular formula is C14H20N2S. The van der Waals surface area contributed by atoms with Crippen LogP contribution in [0, 0.1) is 17.3 Å². The molecule has 0 radical (unpaired) electrons. The van der Waals surface area contributed by atoms with Crippen LogP contribution >= 0.6 is 11.3 Å². The number of fused-ring (bicyclic) bond motifs is 1. The first kappa shape index (κ1) is 10.5. The van der Waals surface area contributed by atoms with Crippen molar-refractivity contribution in [2.75, 3.05) is 6.54 Å². The average Bonchev–Trinajstić information content (AvgIpc) is 3.20. The zero-order valence-corrected chi connectivity index (χ0v) is 11.0. The van der Waals surface area contributed by atoms with Gasteiger partial charge in [-0.2, -0.15) is 0 Å². The standard InChI is InChI=1S/C14H20N2S/c1-2-12(1)15-8-14(4-10-3-11(10)5-14)6-13-7-17-9-16-13/h7,9-12,15H,1-6,8H2. The molecule has 1 heterocycles. The van der Waals surface area contributed by atoms with Crippen molar-refractivity contribution in [1.82, 2.24) is 10.3 Å². The van der Waals surface area contributed by atoms with Gasteiger partial charge in [0.05, 0.1) is 11.2 Å². The van der Waals surface area contributed by atoms with Crippen LogP contribution in [-0.2, 0) is 6.42 Å². The van der Waals surface area contributed by atoms with Gasteiger partial charge in [0.1, 0.15) is 0 Å². The molecule has 17 heavy (non-hydrogen) atoms. The highest BCUT2D eigenvalue weighted by molar-refractivity contribution is 7.07. The molecule has 3 heteroatoms. The van der Waals surface area contributed by atoms with Gasteiger partial charge in [-0.1, -0.05) is 0 Å². The van der Waals surface area contributed by atoms with Gasteiger partial charge in [-0.25, -0.2) is 4.98 Å². The molecule has 0 amide bonds. The summed E-state index contributed by atoms with van der Waals surface area (Å²) in [5.74, 6) is 2.13. The number of thiazole rings is 1. The monoisotopic (exact) mass is 248 g/mol. The van der Waals surface area contributed by atoms with Crippen molar-refractivity contribution >= 4 is 11.3 Å². The smallest absolute Gasteiger partial charge is 0.0794 e. The molecule has 1 aromatic heterocycles. The first-order valence-electron chi connectivity index (χ1n) is 6.93. The van der Waals surface area contributed by atoms with E-state index in [-0.39, 0.29) is 0 Å². The second kappa shape index (κ2) is 3.79. The summed E-state index contributed by atoms with van der Waals surface area (Å²) in [7, 11) is 0. The lowest BCUT2D eigenvalue weighted by atomic mass is 9.78. The molecule has 0 bridgehead atoms. The first-order valence-corrected chi connectivity index (χ1v) is 7.88. The van der Waals surface area contributed by atoms with Crippen molar-refractivity contribution in [3.63, 3.8) is 0 Å². The maximum absolute atomic E-state index is 4.50. The van der Waals surface area contributed by atoms with E-state index in [1.165, 1.54) is 50.8 Å². The van der Waals surface area contributed by atoms with E-state index in [1.807, 2.05) is 5.51 Å². The molecule has 3 aliphatic carbocycles. The highest BCUT2D eigenvalue weighted by atomic mass is 32.1. The van der Waals surface area contributed by atoms with Crippen LogP contribution in [-0.4, -0.2) is 17.6 Å². The van der Waals surface area contributed by atoms with Crippen LogP contribution in [0.15, 0.2) is 10.9 Å². The molecule has 4 rings (SSSR count). The minimum Gasteiger partial charge on any atom is -0.313 e. The number of nitrogens with zero attached hydrogens (tertiary/aromatic N) is 1. The highest BCUT2D eigenvalue weighted by Crippen LogP contribution is 2.60. The van der Waals surface area contributed by atoms with Gasteiger partial charge >= 0.3 is 0 Å². The summed E-state index contributed by atoms with van der Waals surface area (Å²) in [4.78, 5) is 4.50. The van der Waals surface area contributed by atoms with Crippen molar-refractivity contribution in [3.8, 4) is 0 Å². The Bertz CT molecular complexity index is 386. The SMILES string of the molecule is c1nc(CC2(CNC3CC3)CC3CC3C2)cs1. The Morgan fingerprint density at radius 3 is 2.82 bits per heavy atom. The van der Waals surface area contributed by atoms with Crippen LogP contribution in [0.2, 0.25) is 0 Å². The maximum Gasteiger partial charge on any atom is 0.0794 e. The van der Waals surface area contributed by atoms with Crippen LogP contribution in [0.5, 0.6) is 0 Å². The summed E-state index contributed by atoms with van der Waals surface area (Å²) in [6.07, 6.45) is 8.44. The number of nitrogens with one attached hydrogen (secondary N) is 1. The van der Waals surface area contributed by atoms with E-state index in [4.69, 9.17) is 0 Å². The van der Waals surface area contributed by atoms with Crippen LogP contribution in [0.3, 0.4) is 0 Å². The van der Waals surface area contributed by atoms with E-state index in [0.717, 1.165) is 17.9 Å². The molecule has 2 nitrogen and oxygen atoms in total.